The molecule has 1 saturated heterocycles. The van der Waals surface area contributed by atoms with Gasteiger partial charge in [0.2, 0.25) is 0 Å². The highest BCUT2D eigenvalue weighted by Crippen LogP contribution is 2.36. The Morgan fingerprint density at radius 1 is 0.750 bits per heavy atom. The van der Waals surface area contributed by atoms with E-state index < -0.39 is 23.3 Å². The van der Waals surface area contributed by atoms with Crippen molar-refractivity contribution in [3.8, 4) is 11.1 Å². The molecular weight excluding hydrogens is 464 g/mol. The molecule has 0 amide bonds. The monoisotopic (exact) mass is 496 g/mol. The van der Waals surface area contributed by atoms with Crippen LogP contribution in [0.3, 0.4) is 0 Å². The molecule has 4 rings (SSSR count). The third-order valence-corrected chi connectivity index (χ3v) is 6.97. The molecule has 36 heavy (non-hydrogen) atoms. The zero-order valence-corrected chi connectivity index (χ0v) is 20.8. The van der Waals surface area contributed by atoms with Crippen LogP contribution in [0.2, 0.25) is 0 Å². The van der Waals surface area contributed by atoms with Gasteiger partial charge >= 0.3 is 0 Å². The summed E-state index contributed by atoms with van der Waals surface area (Å²) in [6, 6.07) is 13.7. The topological polar surface area (TPSA) is 9.23 Å². The molecule has 1 heterocycles. The Kier molecular flexibility index (Phi) is 8.63. The fourth-order valence-electron chi connectivity index (χ4n) is 4.90. The summed E-state index contributed by atoms with van der Waals surface area (Å²) in [4.78, 5) is 0. The Bertz CT molecular complexity index is 1210. The fraction of sp³-hybridized carbons (Fsp3) is 0.355. The lowest BCUT2D eigenvalue weighted by molar-refractivity contribution is 0.0317. The molecule has 0 spiro atoms. The summed E-state index contributed by atoms with van der Waals surface area (Å²) in [6.07, 6.45) is 8.13. The van der Waals surface area contributed by atoms with E-state index in [0.717, 1.165) is 18.4 Å². The van der Waals surface area contributed by atoms with Gasteiger partial charge in [0.05, 0.1) is 12.7 Å². The lowest BCUT2D eigenvalue weighted by Gasteiger charge is -2.28. The molecule has 2 atom stereocenters. The van der Waals surface area contributed by atoms with Gasteiger partial charge in [-0.1, -0.05) is 74.0 Å². The van der Waals surface area contributed by atoms with Crippen molar-refractivity contribution < 1.29 is 22.3 Å². The molecule has 1 aliphatic heterocycles. The van der Waals surface area contributed by atoms with Crippen LogP contribution in [0.1, 0.15) is 61.3 Å². The van der Waals surface area contributed by atoms with E-state index in [-0.39, 0.29) is 40.9 Å². The molecule has 3 aromatic carbocycles. The molecule has 0 saturated carbocycles. The molecule has 0 aromatic heterocycles. The minimum absolute atomic E-state index is 0.0190. The van der Waals surface area contributed by atoms with Crippen molar-refractivity contribution in [1.29, 1.82) is 0 Å². The van der Waals surface area contributed by atoms with E-state index in [9.17, 15) is 4.39 Å². The Hall–Kier alpha value is -2.92. The first-order valence-electron chi connectivity index (χ1n) is 12.7. The van der Waals surface area contributed by atoms with Gasteiger partial charge in [0.15, 0.2) is 23.3 Å². The Labute approximate surface area is 210 Å². The molecule has 190 valence electrons. The number of hydrogen-bond acceptors (Lipinski definition) is 1. The van der Waals surface area contributed by atoms with E-state index >= 15 is 13.2 Å². The lowest BCUT2D eigenvalue weighted by Crippen LogP contribution is -2.24. The second-order valence-corrected chi connectivity index (χ2v) is 9.47. The van der Waals surface area contributed by atoms with Crippen LogP contribution >= 0.6 is 0 Å². The molecule has 1 fully saturated rings. The average molecular weight is 497 g/mol. The summed E-state index contributed by atoms with van der Waals surface area (Å²) in [6.45, 7) is 4.31. The number of hydrogen-bond donors (Lipinski definition) is 0. The number of benzene rings is 3. The lowest BCUT2D eigenvalue weighted by atomic mass is 9.89. The van der Waals surface area contributed by atoms with Crippen molar-refractivity contribution in [1.82, 2.24) is 0 Å². The van der Waals surface area contributed by atoms with E-state index in [0.29, 0.717) is 25.7 Å². The van der Waals surface area contributed by atoms with Crippen LogP contribution in [0.5, 0.6) is 0 Å². The molecule has 0 N–H and O–H groups in total. The van der Waals surface area contributed by atoms with E-state index in [1.807, 2.05) is 31.2 Å². The first-order chi connectivity index (χ1) is 17.4. The SMILES string of the molecule is CC=CC1CCC(c2ccc(-c3ccc(CCc4ccc(CCC)cc4)c(F)c3F)c(F)c2F)CO1. The molecule has 3 aromatic rings. The molecule has 0 bridgehead atoms. The van der Waals surface area contributed by atoms with Crippen molar-refractivity contribution in [3.05, 3.63) is 106 Å². The number of allylic oxidation sites excluding steroid dienone is 1. The summed E-state index contributed by atoms with van der Waals surface area (Å²) in [7, 11) is 0. The summed E-state index contributed by atoms with van der Waals surface area (Å²) in [5, 5.41) is 0. The summed E-state index contributed by atoms with van der Waals surface area (Å²) in [5.41, 5.74) is 2.13. The molecule has 5 heteroatoms. The van der Waals surface area contributed by atoms with Crippen LogP contribution in [0.15, 0.2) is 60.7 Å². The van der Waals surface area contributed by atoms with E-state index in [1.54, 1.807) is 0 Å². The molecule has 0 aliphatic carbocycles. The quantitative estimate of drug-likeness (QED) is 0.224. The fourth-order valence-corrected chi connectivity index (χ4v) is 4.90. The van der Waals surface area contributed by atoms with Gasteiger partial charge in [0, 0.05) is 17.0 Å². The van der Waals surface area contributed by atoms with Crippen LogP contribution in [-0.4, -0.2) is 12.7 Å². The van der Waals surface area contributed by atoms with Gasteiger partial charge in [-0.2, -0.15) is 0 Å². The predicted molar refractivity (Wildman–Crippen MR) is 136 cm³/mol. The number of halogens is 4. The van der Waals surface area contributed by atoms with Crippen LogP contribution in [-0.2, 0) is 24.0 Å². The van der Waals surface area contributed by atoms with Crippen molar-refractivity contribution in [3.63, 3.8) is 0 Å². The highest BCUT2D eigenvalue weighted by atomic mass is 19.2. The van der Waals surface area contributed by atoms with Crippen LogP contribution in [0.25, 0.3) is 11.1 Å². The van der Waals surface area contributed by atoms with E-state index in [1.165, 1.54) is 29.8 Å². The summed E-state index contributed by atoms with van der Waals surface area (Å²) in [5.74, 6) is -4.65. The van der Waals surface area contributed by atoms with Gasteiger partial charge in [0.25, 0.3) is 0 Å². The van der Waals surface area contributed by atoms with Crippen molar-refractivity contribution in [2.24, 2.45) is 0 Å². The van der Waals surface area contributed by atoms with Gasteiger partial charge in [-0.3, -0.25) is 0 Å². The minimum atomic E-state index is -1.17. The normalized spacial score (nSPS) is 18.2. The second kappa shape index (κ2) is 11.9. The largest absolute Gasteiger partial charge is 0.374 e. The zero-order chi connectivity index (χ0) is 25.7. The van der Waals surface area contributed by atoms with Gasteiger partial charge in [-0.25, -0.2) is 17.6 Å². The first-order valence-corrected chi connectivity index (χ1v) is 12.7. The standard InChI is InChI=1S/C31H32F4O/c1-3-5-20-7-9-21(10-8-20)11-12-22-14-16-26(30(34)28(22)32)27-18-17-25(29(33)31(27)35)23-13-15-24(6-4-2)36-19-23/h4,6-10,14,16-18,23-24H,3,5,11-13,15,19H2,1-2H3. The number of ether oxygens (including phenoxy) is 1. The van der Waals surface area contributed by atoms with Gasteiger partial charge in [-0.05, 0) is 61.3 Å². The molecule has 2 unspecified atom stereocenters. The first kappa shape index (κ1) is 26.2. The van der Waals surface area contributed by atoms with Crippen LogP contribution in [0, 0.1) is 23.3 Å². The van der Waals surface area contributed by atoms with E-state index in [2.05, 4.69) is 19.1 Å². The smallest absolute Gasteiger partial charge is 0.167 e. The Morgan fingerprint density at radius 2 is 1.39 bits per heavy atom. The third kappa shape index (κ3) is 5.73. The minimum Gasteiger partial charge on any atom is -0.374 e. The maximum atomic E-state index is 15.1. The maximum Gasteiger partial charge on any atom is 0.167 e. The Morgan fingerprint density at radius 3 is 2.00 bits per heavy atom. The summed E-state index contributed by atoms with van der Waals surface area (Å²) < 4.78 is 65.7. The van der Waals surface area contributed by atoms with Crippen LogP contribution in [0.4, 0.5) is 17.6 Å². The van der Waals surface area contributed by atoms with Crippen molar-refractivity contribution in [2.45, 2.75) is 64.4 Å². The highest BCUT2D eigenvalue weighted by Gasteiger charge is 2.27. The van der Waals surface area contributed by atoms with Crippen molar-refractivity contribution in [2.75, 3.05) is 6.61 Å². The number of rotatable bonds is 8. The maximum absolute atomic E-state index is 15.1. The average Bonchev–Trinajstić information content (AvgIpc) is 2.89. The summed E-state index contributed by atoms with van der Waals surface area (Å²) >= 11 is 0. The second-order valence-electron chi connectivity index (χ2n) is 9.47. The molecule has 1 aliphatic rings. The van der Waals surface area contributed by atoms with Crippen molar-refractivity contribution >= 4 is 0 Å². The molecule has 0 radical (unpaired) electrons. The third-order valence-electron chi connectivity index (χ3n) is 6.97. The molecular formula is C31H32F4O. The van der Waals surface area contributed by atoms with Crippen LogP contribution < -0.4 is 0 Å². The van der Waals surface area contributed by atoms with E-state index in [4.69, 9.17) is 4.74 Å². The Balaban J connectivity index is 1.50. The van der Waals surface area contributed by atoms with Gasteiger partial charge in [-0.15, -0.1) is 0 Å². The highest BCUT2D eigenvalue weighted by molar-refractivity contribution is 5.66. The zero-order valence-electron chi connectivity index (χ0n) is 20.8. The molecule has 1 nitrogen and oxygen atoms in total. The van der Waals surface area contributed by atoms with Gasteiger partial charge < -0.3 is 4.74 Å². The number of aryl methyl sites for hydroxylation is 3. The van der Waals surface area contributed by atoms with Gasteiger partial charge in [0.1, 0.15) is 0 Å². The predicted octanol–water partition coefficient (Wildman–Crippen LogP) is 8.49.